The predicted octanol–water partition coefficient (Wildman–Crippen LogP) is 2.49. The summed E-state index contributed by atoms with van der Waals surface area (Å²) in [5.41, 5.74) is 0. The van der Waals surface area contributed by atoms with E-state index in [-0.39, 0.29) is 0 Å². The number of nitrogens with one attached hydrogen (secondary N) is 1. The lowest BCUT2D eigenvalue weighted by molar-refractivity contribution is 0.0803. The molecule has 0 aromatic carbocycles. The van der Waals surface area contributed by atoms with Crippen LogP contribution in [0.2, 0.25) is 0 Å². The first kappa shape index (κ1) is 13.0. The van der Waals surface area contributed by atoms with Crippen molar-refractivity contribution in [1.82, 2.24) is 10.2 Å². The minimum Gasteiger partial charge on any atom is -0.311 e. The molecule has 0 radical (unpaired) electrons. The van der Waals surface area contributed by atoms with E-state index in [9.17, 15) is 0 Å². The summed E-state index contributed by atoms with van der Waals surface area (Å²) in [6, 6.07) is 2.14. The Labute approximate surface area is 95.4 Å². The van der Waals surface area contributed by atoms with Crippen molar-refractivity contribution in [3.05, 3.63) is 0 Å². The van der Waals surface area contributed by atoms with Gasteiger partial charge in [0.05, 0.1) is 0 Å². The largest absolute Gasteiger partial charge is 0.311 e. The lowest BCUT2D eigenvalue weighted by Gasteiger charge is -2.43. The Hall–Kier alpha value is -0.0800. The predicted molar refractivity (Wildman–Crippen MR) is 67.2 cm³/mol. The molecule has 0 spiro atoms. The first-order chi connectivity index (χ1) is 7.04. The van der Waals surface area contributed by atoms with Crippen LogP contribution in [0.5, 0.6) is 0 Å². The molecule has 1 aliphatic heterocycles. The van der Waals surface area contributed by atoms with E-state index in [1.165, 1.54) is 25.9 Å². The normalized spacial score (nSPS) is 30.8. The maximum atomic E-state index is 3.58. The Balaban J connectivity index is 2.53. The topological polar surface area (TPSA) is 15.3 Å². The molecule has 0 aromatic heterocycles. The molecule has 15 heavy (non-hydrogen) atoms. The van der Waals surface area contributed by atoms with Crippen molar-refractivity contribution in [2.24, 2.45) is 5.92 Å². The second kappa shape index (κ2) is 5.86. The van der Waals surface area contributed by atoms with E-state index in [0.29, 0.717) is 6.04 Å². The third-order valence-electron chi connectivity index (χ3n) is 3.51. The molecule has 0 aliphatic carbocycles. The van der Waals surface area contributed by atoms with Crippen LogP contribution in [-0.2, 0) is 0 Å². The Bertz CT molecular complexity index is 179. The van der Waals surface area contributed by atoms with Crippen LogP contribution in [-0.4, -0.2) is 36.1 Å². The quantitative estimate of drug-likeness (QED) is 0.770. The highest BCUT2D eigenvalue weighted by Gasteiger charge is 2.28. The molecule has 0 aromatic rings. The van der Waals surface area contributed by atoms with Gasteiger partial charge < -0.3 is 5.32 Å². The van der Waals surface area contributed by atoms with Crippen molar-refractivity contribution in [2.45, 2.75) is 65.6 Å². The minimum atomic E-state index is 0.655. The molecule has 2 heteroatoms. The van der Waals surface area contributed by atoms with Crippen LogP contribution in [0.25, 0.3) is 0 Å². The lowest BCUT2D eigenvalue weighted by atomic mass is 9.99. The van der Waals surface area contributed by atoms with Crippen LogP contribution >= 0.6 is 0 Å². The van der Waals surface area contributed by atoms with Crippen LogP contribution in [0.15, 0.2) is 0 Å². The summed E-state index contributed by atoms with van der Waals surface area (Å²) in [7, 11) is 0. The van der Waals surface area contributed by atoms with Gasteiger partial charge >= 0.3 is 0 Å². The summed E-state index contributed by atoms with van der Waals surface area (Å²) < 4.78 is 0. The molecule has 1 fully saturated rings. The van der Waals surface area contributed by atoms with Crippen LogP contribution in [0.3, 0.4) is 0 Å². The first-order valence-corrected chi connectivity index (χ1v) is 6.53. The smallest absolute Gasteiger partial charge is 0.0221 e. The zero-order chi connectivity index (χ0) is 11.4. The van der Waals surface area contributed by atoms with Crippen molar-refractivity contribution in [2.75, 3.05) is 13.1 Å². The third kappa shape index (κ3) is 3.76. The number of hydrogen-bond acceptors (Lipinski definition) is 2. The molecule has 1 aliphatic rings. The SMILES string of the molecule is CCC1CNC(C)CN1C(C)CC(C)C. The summed E-state index contributed by atoms with van der Waals surface area (Å²) in [5.74, 6) is 0.808. The Morgan fingerprint density at radius 2 is 2.00 bits per heavy atom. The van der Waals surface area contributed by atoms with Gasteiger partial charge in [-0.25, -0.2) is 0 Å². The van der Waals surface area contributed by atoms with E-state index in [0.717, 1.165) is 18.0 Å². The molecule has 0 bridgehead atoms. The van der Waals surface area contributed by atoms with E-state index in [1.807, 2.05) is 0 Å². The van der Waals surface area contributed by atoms with Crippen molar-refractivity contribution in [3.8, 4) is 0 Å². The molecule has 2 nitrogen and oxygen atoms in total. The molecule has 1 saturated heterocycles. The van der Waals surface area contributed by atoms with Gasteiger partial charge in [-0.2, -0.15) is 0 Å². The summed E-state index contributed by atoms with van der Waals surface area (Å²) >= 11 is 0. The molecular weight excluding hydrogens is 184 g/mol. The highest BCUT2D eigenvalue weighted by atomic mass is 15.2. The van der Waals surface area contributed by atoms with Crippen LogP contribution < -0.4 is 5.32 Å². The molecular formula is C13H28N2. The van der Waals surface area contributed by atoms with Gasteiger partial charge in [0, 0.05) is 31.2 Å². The number of rotatable bonds is 4. The standard InChI is InChI=1S/C13H28N2/c1-6-13-8-14-11(4)9-15(13)12(5)7-10(2)3/h10-14H,6-9H2,1-5H3. The maximum Gasteiger partial charge on any atom is 0.0221 e. The van der Waals surface area contributed by atoms with E-state index in [1.54, 1.807) is 0 Å². The fourth-order valence-corrected chi connectivity index (χ4v) is 2.72. The third-order valence-corrected chi connectivity index (χ3v) is 3.51. The second-order valence-corrected chi connectivity index (χ2v) is 5.55. The van der Waals surface area contributed by atoms with E-state index < -0.39 is 0 Å². The van der Waals surface area contributed by atoms with Crippen LogP contribution in [0.4, 0.5) is 0 Å². The van der Waals surface area contributed by atoms with Crippen molar-refractivity contribution >= 4 is 0 Å². The average molecular weight is 212 g/mol. The zero-order valence-electron chi connectivity index (χ0n) is 11.1. The van der Waals surface area contributed by atoms with E-state index in [4.69, 9.17) is 0 Å². The van der Waals surface area contributed by atoms with Gasteiger partial charge in [0.2, 0.25) is 0 Å². The van der Waals surface area contributed by atoms with Crippen LogP contribution in [0.1, 0.15) is 47.5 Å². The van der Waals surface area contributed by atoms with Crippen LogP contribution in [0, 0.1) is 5.92 Å². The van der Waals surface area contributed by atoms with Gasteiger partial charge in [-0.05, 0) is 32.6 Å². The van der Waals surface area contributed by atoms with Gasteiger partial charge in [0.25, 0.3) is 0 Å². The molecule has 1 N–H and O–H groups in total. The molecule has 90 valence electrons. The minimum absolute atomic E-state index is 0.655. The Morgan fingerprint density at radius 3 is 2.53 bits per heavy atom. The molecule has 1 heterocycles. The zero-order valence-corrected chi connectivity index (χ0v) is 11.1. The molecule has 3 atom stereocenters. The average Bonchev–Trinajstić information content (AvgIpc) is 2.16. The molecule has 3 unspecified atom stereocenters. The number of piperazine rings is 1. The summed E-state index contributed by atoms with van der Waals surface area (Å²) in [4.78, 5) is 2.71. The van der Waals surface area contributed by atoms with Crippen molar-refractivity contribution in [3.63, 3.8) is 0 Å². The highest BCUT2D eigenvalue weighted by molar-refractivity contribution is 4.86. The number of hydrogen-bond donors (Lipinski definition) is 1. The first-order valence-electron chi connectivity index (χ1n) is 6.53. The fourth-order valence-electron chi connectivity index (χ4n) is 2.72. The van der Waals surface area contributed by atoms with Crippen molar-refractivity contribution < 1.29 is 0 Å². The highest BCUT2D eigenvalue weighted by Crippen LogP contribution is 2.18. The van der Waals surface area contributed by atoms with Gasteiger partial charge in [0.1, 0.15) is 0 Å². The monoisotopic (exact) mass is 212 g/mol. The molecule has 0 amide bonds. The number of nitrogens with zero attached hydrogens (tertiary/aromatic N) is 1. The molecule has 1 rings (SSSR count). The van der Waals surface area contributed by atoms with Gasteiger partial charge in [-0.3, -0.25) is 4.90 Å². The summed E-state index contributed by atoms with van der Waals surface area (Å²) in [6.07, 6.45) is 2.59. The lowest BCUT2D eigenvalue weighted by Crippen LogP contribution is -2.58. The van der Waals surface area contributed by atoms with Crippen molar-refractivity contribution in [1.29, 1.82) is 0 Å². The van der Waals surface area contributed by atoms with Gasteiger partial charge in [-0.1, -0.05) is 20.8 Å². The van der Waals surface area contributed by atoms with E-state index >= 15 is 0 Å². The Kier molecular flexibility index (Phi) is 5.07. The van der Waals surface area contributed by atoms with E-state index in [2.05, 4.69) is 44.8 Å². The maximum absolute atomic E-state index is 3.58. The fraction of sp³-hybridized carbons (Fsp3) is 1.00. The Morgan fingerprint density at radius 1 is 1.33 bits per heavy atom. The summed E-state index contributed by atoms with van der Waals surface area (Å²) in [6.45, 7) is 14.0. The van der Waals surface area contributed by atoms with Gasteiger partial charge in [-0.15, -0.1) is 0 Å². The second-order valence-electron chi connectivity index (χ2n) is 5.55. The molecule has 0 saturated carbocycles. The van der Waals surface area contributed by atoms with Gasteiger partial charge in [0.15, 0.2) is 0 Å². The summed E-state index contributed by atoms with van der Waals surface area (Å²) in [5, 5.41) is 3.58.